The third-order valence-electron chi connectivity index (χ3n) is 9.17. The summed E-state index contributed by atoms with van der Waals surface area (Å²) in [7, 11) is 0. The second-order valence-electron chi connectivity index (χ2n) is 12.6. The second kappa shape index (κ2) is 12.6. The maximum absolute atomic E-state index is 3.51. The molecule has 2 heteroatoms. The number of hydrogen-bond donors (Lipinski definition) is 2. The van der Waals surface area contributed by atoms with Crippen molar-refractivity contribution in [2.75, 3.05) is 10.6 Å². The van der Waals surface area contributed by atoms with Gasteiger partial charge in [-0.25, -0.2) is 0 Å². The molecular weight excluding hydrogens is 581 g/mol. The summed E-state index contributed by atoms with van der Waals surface area (Å²) in [6.07, 6.45) is 0. The molecule has 0 saturated carbocycles. The third-order valence-corrected chi connectivity index (χ3v) is 9.17. The predicted molar refractivity (Wildman–Crippen MR) is 207 cm³/mol. The van der Waals surface area contributed by atoms with E-state index in [-0.39, 0.29) is 0 Å². The molecule has 0 saturated heterocycles. The Kier molecular flexibility index (Phi) is 7.68. The van der Waals surface area contributed by atoms with Crippen molar-refractivity contribution in [3.8, 4) is 33.4 Å². The lowest BCUT2D eigenvalue weighted by molar-refractivity contribution is 1.48. The van der Waals surface area contributed by atoms with Crippen LogP contribution in [0, 0.1) is 13.8 Å². The van der Waals surface area contributed by atoms with E-state index < -0.39 is 0 Å². The molecule has 2 nitrogen and oxygen atoms in total. The summed E-state index contributed by atoms with van der Waals surface area (Å²) < 4.78 is 0. The van der Waals surface area contributed by atoms with Crippen LogP contribution in [0.1, 0.15) is 11.1 Å². The number of hydrogen-bond acceptors (Lipinski definition) is 2. The lowest BCUT2D eigenvalue weighted by Crippen LogP contribution is -1.92. The Morgan fingerprint density at radius 1 is 0.354 bits per heavy atom. The van der Waals surface area contributed by atoms with Crippen molar-refractivity contribution in [3.63, 3.8) is 0 Å². The summed E-state index contributed by atoms with van der Waals surface area (Å²) >= 11 is 0. The number of fused-ring (bicyclic) bond motifs is 2. The summed E-state index contributed by atoms with van der Waals surface area (Å²) in [5.74, 6) is 0. The number of aryl methyl sites for hydroxylation is 2. The minimum atomic E-state index is 1.07. The molecule has 230 valence electrons. The summed E-state index contributed by atoms with van der Waals surface area (Å²) in [5, 5.41) is 12.0. The minimum Gasteiger partial charge on any atom is -0.356 e. The van der Waals surface area contributed by atoms with E-state index in [0.717, 1.165) is 22.7 Å². The van der Waals surface area contributed by atoms with E-state index in [4.69, 9.17) is 0 Å². The first-order chi connectivity index (χ1) is 23.6. The Bertz CT molecular complexity index is 2370. The maximum atomic E-state index is 3.51. The van der Waals surface area contributed by atoms with Gasteiger partial charge in [-0.15, -0.1) is 0 Å². The zero-order valence-electron chi connectivity index (χ0n) is 27.2. The smallest absolute Gasteiger partial charge is 0.0384 e. The highest BCUT2D eigenvalue weighted by Crippen LogP contribution is 2.41. The molecule has 0 heterocycles. The first kappa shape index (κ1) is 29.3. The van der Waals surface area contributed by atoms with Gasteiger partial charge >= 0.3 is 0 Å². The first-order valence-corrected chi connectivity index (χ1v) is 16.5. The number of rotatable bonds is 7. The van der Waals surface area contributed by atoms with Gasteiger partial charge in [0.1, 0.15) is 0 Å². The average molecular weight is 617 g/mol. The van der Waals surface area contributed by atoms with Crippen LogP contribution in [0.3, 0.4) is 0 Å². The normalized spacial score (nSPS) is 11.1. The van der Waals surface area contributed by atoms with Crippen LogP contribution < -0.4 is 10.6 Å². The van der Waals surface area contributed by atoms with E-state index in [2.05, 4.69) is 158 Å². The fourth-order valence-electron chi connectivity index (χ4n) is 6.69. The fraction of sp³-hybridized carbons (Fsp3) is 0.0435. The maximum Gasteiger partial charge on any atom is 0.0384 e. The van der Waals surface area contributed by atoms with Gasteiger partial charge in [-0.05, 0) is 141 Å². The molecular formula is C46H36N2. The number of benzene rings is 8. The Labute approximate surface area is 282 Å². The van der Waals surface area contributed by atoms with Crippen LogP contribution in [0.4, 0.5) is 22.7 Å². The predicted octanol–water partition coefficient (Wildman–Crippen LogP) is 13.1. The third kappa shape index (κ3) is 5.92. The zero-order valence-corrected chi connectivity index (χ0v) is 27.2. The van der Waals surface area contributed by atoms with Gasteiger partial charge in [0.25, 0.3) is 0 Å². The van der Waals surface area contributed by atoms with Gasteiger partial charge in [0.05, 0.1) is 0 Å². The zero-order chi connectivity index (χ0) is 32.5. The fourth-order valence-corrected chi connectivity index (χ4v) is 6.69. The molecule has 0 atom stereocenters. The van der Waals surface area contributed by atoms with Gasteiger partial charge in [-0.3, -0.25) is 0 Å². The highest BCUT2D eigenvalue weighted by atomic mass is 14.9. The molecule has 8 rings (SSSR count). The van der Waals surface area contributed by atoms with E-state index >= 15 is 0 Å². The van der Waals surface area contributed by atoms with E-state index in [1.165, 1.54) is 66.1 Å². The largest absolute Gasteiger partial charge is 0.356 e. The van der Waals surface area contributed by atoms with Crippen molar-refractivity contribution in [2.24, 2.45) is 0 Å². The number of anilines is 4. The topological polar surface area (TPSA) is 24.1 Å². The van der Waals surface area contributed by atoms with Crippen molar-refractivity contribution in [3.05, 3.63) is 181 Å². The standard InChI is InChI=1S/C46H36N2/c1-31-13-15-37-29-38(34-19-24-42(25-20-34)48-40-11-7-4-8-12-40)30-45(44(37)27-31)46-32(2)14-16-36-28-35(21-26-43(36)46)33-17-22-41(23-18-33)47-39-9-5-3-6-10-39/h3-30,47-48H,1-2H3. The van der Waals surface area contributed by atoms with Gasteiger partial charge in [0.15, 0.2) is 0 Å². The molecule has 0 unspecified atom stereocenters. The molecule has 0 bridgehead atoms. The van der Waals surface area contributed by atoms with Gasteiger partial charge in [-0.1, -0.05) is 109 Å². The van der Waals surface area contributed by atoms with Gasteiger partial charge in [-0.2, -0.15) is 0 Å². The van der Waals surface area contributed by atoms with Crippen LogP contribution in [0.15, 0.2) is 170 Å². The first-order valence-electron chi connectivity index (χ1n) is 16.5. The number of para-hydroxylation sites is 2. The van der Waals surface area contributed by atoms with Crippen LogP contribution in [0.5, 0.6) is 0 Å². The summed E-state index contributed by atoms with van der Waals surface area (Å²) in [6, 6.07) is 61.0. The highest BCUT2D eigenvalue weighted by molar-refractivity contribution is 6.09. The van der Waals surface area contributed by atoms with Crippen LogP contribution in [-0.4, -0.2) is 0 Å². The van der Waals surface area contributed by atoms with E-state index in [1.807, 2.05) is 36.4 Å². The molecule has 0 aromatic heterocycles. The lowest BCUT2D eigenvalue weighted by Gasteiger charge is -2.17. The van der Waals surface area contributed by atoms with Crippen LogP contribution >= 0.6 is 0 Å². The number of nitrogens with one attached hydrogen (secondary N) is 2. The lowest BCUT2D eigenvalue weighted by atomic mass is 9.87. The van der Waals surface area contributed by atoms with E-state index in [1.54, 1.807) is 0 Å². The summed E-state index contributed by atoms with van der Waals surface area (Å²) in [6.45, 7) is 4.41. The Hall–Kier alpha value is -6.12. The molecule has 0 aliphatic heterocycles. The highest BCUT2D eigenvalue weighted by Gasteiger charge is 2.15. The van der Waals surface area contributed by atoms with E-state index in [0.29, 0.717) is 0 Å². The molecule has 0 aliphatic rings. The van der Waals surface area contributed by atoms with Crippen LogP contribution in [0.25, 0.3) is 54.9 Å². The molecule has 8 aromatic rings. The minimum absolute atomic E-state index is 1.07. The van der Waals surface area contributed by atoms with Crippen molar-refractivity contribution in [1.29, 1.82) is 0 Å². The molecule has 0 aliphatic carbocycles. The molecule has 8 aromatic carbocycles. The van der Waals surface area contributed by atoms with Gasteiger partial charge < -0.3 is 10.6 Å². The Morgan fingerprint density at radius 3 is 1.48 bits per heavy atom. The van der Waals surface area contributed by atoms with Crippen molar-refractivity contribution in [1.82, 2.24) is 0 Å². The molecule has 0 fully saturated rings. The quantitative estimate of drug-likeness (QED) is 0.186. The van der Waals surface area contributed by atoms with Crippen molar-refractivity contribution in [2.45, 2.75) is 13.8 Å². The van der Waals surface area contributed by atoms with Crippen molar-refractivity contribution < 1.29 is 0 Å². The van der Waals surface area contributed by atoms with Gasteiger partial charge in [0.2, 0.25) is 0 Å². The Balaban J connectivity index is 1.18. The van der Waals surface area contributed by atoms with E-state index in [9.17, 15) is 0 Å². The SMILES string of the molecule is Cc1ccc2cc(-c3ccc(Nc4ccccc4)cc3)cc(-c3c(C)ccc4cc(-c5ccc(Nc6ccccc6)cc5)ccc34)c2c1. The molecule has 48 heavy (non-hydrogen) atoms. The molecule has 2 N–H and O–H groups in total. The monoisotopic (exact) mass is 616 g/mol. The summed E-state index contributed by atoms with van der Waals surface area (Å²) in [4.78, 5) is 0. The van der Waals surface area contributed by atoms with Crippen LogP contribution in [-0.2, 0) is 0 Å². The molecule has 0 spiro atoms. The second-order valence-corrected chi connectivity index (χ2v) is 12.6. The van der Waals surface area contributed by atoms with Gasteiger partial charge in [0, 0.05) is 22.7 Å². The van der Waals surface area contributed by atoms with Crippen LogP contribution in [0.2, 0.25) is 0 Å². The average Bonchev–Trinajstić information content (AvgIpc) is 3.13. The molecule has 0 radical (unpaired) electrons. The summed E-state index contributed by atoms with van der Waals surface area (Å²) in [5.41, 5.74) is 14.2. The molecule has 0 amide bonds. The Morgan fingerprint density at radius 2 is 0.854 bits per heavy atom. The van der Waals surface area contributed by atoms with Crippen molar-refractivity contribution >= 4 is 44.3 Å².